The van der Waals surface area contributed by atoms with Crippen molar-refractivity contribution >= 4 is 29.9 Å². The molecule has 7 heteroatoms. The lowest BCUT2D eigenvalue weighted by Gasteiger charge is -2.17. The molecular formula is C21H32ClN3O3. The van der Waals surface area contributed by atoms with Gasteiger partial charge in [-0.2, -0.15) is 0 Å². The fourth-order valence-electron chi connectivity index (χ4n) is 3.82. The maximum absolute atomic E-state index is 12.0. The Balaban J connectivity index is 0.00000280. The fraction of sp³-hybridized carbons (Fsp3) is 0.619. The molecule has 2 aliphatic rings. The van der Waals surface area contributed by atoms with Gasteiger partial charge in [-0.1, -0.05) is 31.7 Å². The molecule has 0 bridgehead atoms. The summed E-state index contributed by atoms with van der Waals surface area (Å²) in [5.41, 5.74) is 0.836. The van der Waals surface area contributed by atoms with E-state index >= 15 is 0 Å². The van der Waals surface area contributed by atoms with Crippen LogP contribution in [0.1, 0.15) is 51.4 Å². The number of nitrogens with zero attached hydrogens (tertiary/aromatic N) is 1. The number of nitrogens with one attached hydrogen (secondary N) is 2. The molecule has 1 saturated heterocycles. The van der Waals surface area contributed by atoms with Gasteiger partial charge < -0.3 is 20.3 Å². The largest absolute Gasteiger partial charge is 0.484 e. The Kier molecular flexibility index (Phi) is 9.58. The van der Waals surface area contributed by atoms with Gasteiger partial charge in [0.25, 0.3) is 5.91 Å². The highest BCUT2D eigenvalue weighted by Gasteiger charge is 2.21. The van der Waals surface area contributed by atoms with Crippen molar-refractivity contribution in [2.45, 2.75) is 57.4 Å². The molecule has 0 unspecified atom stereocenters. The smallest absolute Gasteiger partial charge is 0.257 e. The zero-order valence-electron chi connectivity index (χ0n) is 16.5. The third-order valence-electron chi connectivity index (χ3n) is 5.31. The maximum Gasteiger partial charge on any atom is 0.257 e. The van der Waals surface area contributed by atoms with Crippen molar-refractivity contribution in [2.75, 3.05) is 31.1 Å². The molecule has 1 aromatic carbocycles. The summed E-state index contributed by atoms with van der Waals surface area (Å²) in [7, 11) is 0. The predicted molar refractivity (Wildman–Crippen MR) is 113 cm³/mol. The highest BCUT2D eigenvalue weighted by atomic mass is 35.5. The summed E-state index contributed by atoms with van der Waals surface area (Å²) in [6.07, 6.45) is 9.28. The van der Waals surface area contributed by atoms with Crippen LogP contribution in [-0.4, -0.2) is 44.1 Å². The van der Waals surface area contributed by atoms with Crippen molar-refractivity contribution in [3.8, 4) is 5.75 Å². The predicted octanol–water partition coefficient (Wildman–Crippen LogP) is 3.04. The highest BCUT2D eigenvalue weighted by Crippen LogP contribution is 2.25. The molecule has 28 heavy (non-hydrogen) atoms. The number of hydrogen-bond donors (Lipinski definition) is 2. The number of carbonyl (C=O) groups is 2. The van der Waals surface area contributed by atoms with Crippen molar-refractivity contribution < 1.29 is 14.3 Å². The number of halogens is 1. The summed E-state index contributed by atoms with van der Waals surface area (Å²) in [6.45, 7) is 2.14. The van der Waals surface area contributed by atoms with E-state index in [2.05, 4.69) is 10.6 Å². The lowest BCUT2D eigenvalue weighted by Crippen LogP contribution is -2.38. The SMILES string of the molecule is Cl.O=C(COc1cccc(N2CCCC2=O)c1)NCCNC1CCCCCC1. The molecule has 2 fully saturated rings. The van der Waals surface area contributed by atoms with E-state index in [0.29, 0.717) is 24.8 Å². The second-order valence-electron chi connectivity index (χ2n) is 7.43. The van der Waals surface area contributed by atoms with Gasteiger partial charge in [0.2, 0.25) is 5.91 Å². The minimum Gasteiger partial charge on any atom is -0.484 e. The molecule has 1 heterocycles. The van der Waals surface area contributed by atoms with Crippen LogP contribution in [0.25, 0.3) is 0 Å². The molecule has 0 aromatic heterocycles. The van der Waals surface area contributed by atoms with Crippen LogP contribution in [0.15, 0.2) is 24.3 Å². The molecular weight excluding hydrogens is 378 g/mol. The van der Waals surface area contributed by atoms with Crippen LogP contribution >= 0.6 is 12.4 Å². The van der Waals surface area contributed by atoms with Crippen molar-refractivity contribution in [3.05, 3.63) is 24.3 Å². The summed E-state index contributed by atoms with van der Waals surface area (Å²) in [5, 5.41) is 6.43. The van der Waals surface area contributed by atoms with Gasteiger partial charge in [-0.15, -0.1) is 12.4 Å². The number of rotatable bonds is 8. The molecule has 0 atom stereocenters. The second kappa shape index (κ2) is 11.9. The van der Waals surface area contributed by atoms with E-state index < -0.39 is 0 Å². The van der Waals surface area contributed by atoms with Crippen LogP contribution in [0.5, 0.6) is 5.75 Å². The van der Waals surface area contributed by atoms with Gasteiger partial charge in [-0.05, 0) is 31.4 Å². The number of anilines is 1. The quantitative estimate of drug-likeness (QED) is 0.511. The van der Waals surface area contributed by atoms with E-state index in [-0.39, 0.29) is 30.8 Å². The second-order valence-corrected chi connectivity index (χ2v) is 7.43. The number of carbonyl (C=O) groups excluding carboxylic acids is 2. The average molecular weight is 410 g/mol. The standard InChI is InChI=1S/C21H31N3O3.ClH/c25-20(23-13-12-22-17-7-3-1-2-4-8-17)16-27-19-10-5-9-18(15-19)24-14-6-11-21(24)26;/h5,9-10,15,17,22H,1-4,6-8,11-14,16H2,(H,23,25);1H. The summed E-state index contributed by atoms with van der Waals surface area (Å²) in [5.74, 6) is 0.630. The Morgan fingerprint density at radius 1 is 1.11 bits per heavy atom. The van der Waals surface area contributed by atoms with Crippen LogP contribution in [-0.2, 0) is 9.59 Å². The summed E-state index contributed by atoms with van der Waals surface area (Å²) in [4.78, 5) is 25.6. The molecule has 156 valence electrons. The molecule has 1 aliphatic heterocycles. The Labute approximate surface area is 173 Å². The first kappa shape index (κ1) is 22.5. The Hall–Kier alpha value is -1.79. The summed E-state index contributed by atoms with van der Waals surface area (Å²) in [6, 6.07) is 7.98. The van der Waals surface area contributed by atoms with Gasteiger partial charge in [0.1, 0.15) is 5.75 Å². The summed E-state index contributed by atoms with van der Waals surface area (Å²) < 4.78 is 5.60. The zero-order valence-corrected chi connectivity index (χ0v) is 17.3. The average Bonchev–Trinajstić information content (AvgIpc) is 2.94. The molecule has 1 aromatic rings. The Bertz CT molecular complexity index is 633. The van der Waals surface area contributed by atoms with Crippen LogP contribution in [0.2, 0.25) is 0 Å². The van der Waals surface area contributed by atoms with Gasteiger partial charge in [0.15, 0.2) is 6.61 Å². The molecule has 1 aliphatic carbocycles. The van der Waals surface area contributed by atoms with Gasteiger partial charge in [0, 0.05) is 43.9 Å². The van der Waals surface area contributed by atoms with Gasteiger partial charge in [-0.25, -0.2) is 0 Å². The zero-order chi connectivity index (χ0) is 18.9. The normalized spacial score (nSPS) is 17.7. The van der Waals surface area contributed by atoms with E-state index in [1.807, 2.05) is 24.3 Å². The van der Waals surface area contributed by atoms with Crippen molar-refractivity contribution in [1.82, 2.24) is 10.6 Å². The highest BCUT2D eigenvalue weighted by molar-refractivity contribution is 5.95. The molecule has 1 saturated carbocycles. The molecule has 3 rings (SSSR count). The van der Waals surface area contributed by atoms with E-state index in [9.17, 15) is 9.59 Å². The lowest BCUT2D eigenvalue weighted by atomic mass is 10.1. The number of benzene rings is 1. The van der Waals surface area contributed by atoms with Crippen molar-refractivity contribution in [1.29, 1.82) is 0 Å². The summed E-state index contributed by atoms with van der Waals surface area (Å²) >= 11 is 0. The third kappa shape index (κ3) is 6.99. The first-order valence-corrected chi connectivity index (χ1v) is 10.3. The molecule has 2 N–H and O–H groups in total. The topological polar surface area (TPSA) is 70.7 Å². The maximum atomic E-state index is 12.0. The number of amides is 2. The van der Waals surface area contributed by atoms with Crippen LogP contribution in [0, 0.1) is 0 Å². The minimum absolute atomic E-state index is 0. The molecule has 0 radical (unpaired) electrons. The molecule has 0 spiro atoms. The van der Waals surface area contributed by atoms with Gasteiger partial charge >= 0.3 is 0 Å². The first-order valence-electron chi connectivity index (χ1n) is 10.3. The van der Waals surface area contributed by atoms with Gasteiger partial charge in [0.05, 0.1) is 0 Å². The van der Waals surface area contributed by atoms with Crippen LogP contribution in [0.3, 0.4) is 0 Å². The molecule has 2 amide bonds. The van der Waals surface area contributed by atoms with Crippen molar-refractivity contribution in [3.63, 3.8) is 0 Å². The van der Waals surface area contributed by atoms with Crippen LogP contribution < -0.4 is 20.3 Å². The van der Waals surface area contributed by atoms with E-state index in [4.69, 9.17) is 4.74 Å². The fourth-order valence-corrected chi connectivity index (χ4v) is 3.82. The first-order chi connectivity index (χ1) is 13.2. The number of hydrogen-bond acceptors (Lipinski definition) is 4. The van der Waals surface area contributed by atoms with Crippen molar-refractivity contribution in [2.24, 2.45) is 0 Å². The van der Waals surface area contributed by atoms with E-state index in [1.54, 1.807) is 4.90 Å². The van der Waals surface area contributed by atoms with Gasteiger partial charge in [-0.3, -0.25) is 9.59 Å². The monoisotopic (exact) mass is 409 g/mol. The third-order valence-corrected chi connectivity index (χ3v) is 5.31. The van der Waals surface area contributed by atoms with E-state index in [1.165, 1.54) is 38.5 Å². The van der Waals surface area contributed by atoms with E-state index in [0.717, 1.165) is 25.2 Å². The number of ether oxygens (including phenoxy) is 1. The Morgan fingerprint density at radius 2 is 1.89 bits per heavy atom. The minimum atomic E-state index is -0.125. The Morgan fingerprint density at radius 3 is 2.61 bits per heavy atom. The lowest BCUT2D eigenvalue weighted by molar-refractivity contribution is -0.123. The van der Waals surface area contributed by atoms with Crippen LogP contribution in [0.4, 0.5) is 5.69 Å². The molecule has 6 nitrogen and oxygen atoms in total.